The molecule has 0 saturated carbocycles. The van der Waals surface area contributed by atoms with Crippen molar-refractivity contribution in [1.29, 1.82) is 0 Å². The Labute approximate surface area is 84.3 Å². The molecule has 0 aromatic carbocycles. The Morgan fingerprint density at radius 2 is 1.38 bits per heavy atom. The van der Waals surface area contributed by atoms with Gasteiger partial charge in [-0.1, -0.05) is 41.5 Å². The van der Waals surface area contributed by atoms with Gasteiger partial charge in [-0.2, -0.15) is 0 Å². The monoisotopic (exact) mass is 185 g/mol. The van der Waals surface area contributed by atoms with Gasteiger partial charge in [0.05, 0.1) is 0 Å². The van der Waals surface area contributed by atoms with Crippen LogP contribution in [0.15, 0.2) is 0 Å². The van der Waals surface area contributed by atoms with Gasteiger partial charge in [0, 0.05) is 6.04 Å². The largest absolute Gasteiger partial charge is 0.314 e. The summed E-state index contributed by atoms with van der Waals surface area (Å²) < 4.78 is 0. The van der Waals surface area contributed by atoms with E-state index in [1.165, 1.54) is 6.42 Å². The topological polar surface area (TPSA) is 12.0 Å². The first-order valence-corrected chi connectivity index (χ1v) is 5.66. The van der Waals surface area contributed by atoms with Crippen LogP contribution in [-0.2, 0) is 0 Å². The zero-order chi connectivity index (χ0) is 10.4. The van der Waals surface area contributed by atoms with E-state index in [1.807, 2.05) is 0 Å². The average Bonchev–Trinajstić information content (AvgIpc) is 1.98. The smallest absolute Gasteiger partial charge is 0.00104 e. The minimum absolute atomic E-state index is 0.619. The van der Waals surface area contributed by atoms with Crippen LogP contribution in [0.4, 0.5) is 0 Å². The van der Waals surface area contributed by atoms with Gasteiger partial charge in [0.15, 0.2) is 0 Å². The fraction of sp³-hybridized carbons (Fsp3) is 1.00. The molecule has 0 aromatic rings. The van der Waals surface area contributed by atoms with Crippen molar-refractivity contribution in [3.05, 3.63) is 0 Å². The molecule has 80 valence electrons. The van der Waals surface area contributed by atoms with Crippen LogP contribution in [0, 0.1) is 17.8 Å². The van der Waals surface area contributed by atoms with Gasteiger partial charge in [0.25, 0.3) is 0 Å². The molecule has 1 heteroatoms. The Hall–Kier alpha value is -0.0400. The summed E-state index contributed by atoms with van der Waals surface area (Å²) in [7, 11) is 0. The molecule has 0 rings (SSSR count). The molecule has 0 aliphatic carbocycles. The maximum absolute atomic E-state index is 3.50. The second-order valence-corrected chi connectivity index (χ2v) is 5.15. The van der Waals surface area contributed by atoms with Gasteiger partial charge >= 0.3 is 0 Å². The average molecular weight is 185 g/mol. The summed E-state index contributed by atoms with van der Waals surface area (Å²) in [5.74, 6) is 2.47. The van der Waals surface area contributed by atoms with Crippen molar-refractivity contribution in [2.75, 3.05) is 6.54 Å². The lowest BCUT2D eigenvalue weighted by Crippen LogP contribution is -2.30. The lowest BCUT2D eigenvalue weighted by molar-refractivity contribution is 0.306. The highest BCUT2D eigenvalue weighted by atomic mass is 14.9. The SMILES string of the molecule is CC(C)CC(C)C(C)CNC(C)C. The molecule has 1 nitrogen and oxygen atoms in total. The summed E-state index contributed by atoms with van der Waals surface area (Å²) in [6.07, 6.45) is 1.35. The highest BCUT2D eigenvalue weighted by Gasteiger charge is 2.13. The quantitative estimate of drug-likeness (QED) is 0.669. The van der Waals surface area contributed by atoms with Crippen LogP contribution in [0.5, 0.6) is 0 Å². The van der Waals surface area contributed by atoms with Gasteiger partial charge in [-0.3, -0.25) is 0 Å². The third-order valence-corrected chi connectivity index (χ3v) is 2.66. The molecule has 0 saturated heterocycles. The predicted octanol–water partition coefficient (Wildman–Crippen LogP) is 3.30. The first-order valence-electron chi connectivity index (χ1n) is 5.66. The van der Waals surface area contributed by atoms with E-state index in [4.69, 9.17) is 0 Å². The van der Waals surface area contributed by atoms with Crippen molar-refractivity contribution in [3.63, 3.8) is 0 Å². The van der Waals surface area contributed by atoms with E-state index in [1.54, 1.807) is 0 Å². The molecule has 1 N–H and O–H groups in total. The highest BCUT2D eigenvalue weighted by Crippen LogP contribution is 2.19. The van der Waals surface area contributed by atoms with Crippen molar-refractivity contribution < 1.29 is 0 Å². The van der Waals surface area contributed by atoms with Crippen LogP contribution >= 0.6 is 0 Å². The molecular weight excluding hydrogens is 158 g/mol. The van der Waals surface area contributed by atoms with E-state index in [0.29, 0.717) is 6.04 Å². The van der Waals surface area contributed by atoms with Crippen molar-refractivity contribution in [2.45, 2.75) is 54.0 Å². The maximum atomic E-state index is 3.50. The lowest BCUT2D eigenvalue weighted by Gasteiger charge is -2.23. The Morgan fingerprint density at radius 1 is 0.846 bits per heavy atom. The summed E-state index contributed by atoms with van der Waals surface area (Å²) in [4.78, 5) is 0. The zero-order valence-electron chi connectivity index (χ0n) is 10.2. The zero-order valence-corrected chi connectivity index (χ0v) is 10.2. The molecule has 0 spiro atoms. The molecule has 0 aliphatic heterocycles. The van der Waals surface area contributed by atoms with Crippen LogP contribution in [0.3, 0.4) is 0 Å². The number of hydrogen-bond donors (Lipinski definition) is 1. The normalized spacial score (nSPS) is 16.6. The second kappa shape index (κ2) is 6.42. The molecule has 0 bridgehead atoms. The molecule has 0 amide bonds. The summed E-state index contributed by atoms with van der Waals surface area (Å²) in [5, 5.41) is 3.50. The highest BCUT2D eigenvalue weighted by molar-refractivity contribution is 4.67. The number of nitrogens with one attached hydrogen (secondary N) is 1. The Kier molecular flexibility index (Phi) is 6.40. The van der Waals surface area contributed by atoms with E-state index in [2.05, 4.69) is 46.9 Å². The second-order valence-electron chi connectivity index (χ2n) is 5.15. The molecule has 0 aliphatic rings. The van der Waals surface area contributed by atoms with E-state index in [0.717, 1.165) is 24.3 Å². The minimum Gasteiger partial charge on any atom is -0.314 e. The van der Waals surface area contributed by atoms with E-state index < -0.39 is 0 Å². The van der Waals surface area contributed by atoms with Crippen LogP contribution < -0.4 is 5.32 Å². The third kappa shape index (κ3) is 7.06. The molecule has 0 heterocycles. The van der Waals surface area contributed by atoms with Crippen molar-refractivity contribution in [2.24, 2.45) is 17.8 Å². The summed E-state index contributed by atoms with van der Waals surface area (Å²) in [6.45, 7) is 14.9. The van der Waals surface area contributed by atoms with Gasteiger partial charge in [-0.05, 0) is 30.7 Å². The van der Waals surface area contributed by atoms with Crippen LogP contribution in [0.1, 0.15) is 48.0 Å². The minimum atomic E-state index is 0.619. The molecule has 0 fully saturated rings. The molecule has 0 aromatic heterocycles. The molecule has 0 radical (unpaired) electrons. The fourth-order valence-corrected chi connectivity index (χ4v) is 1.60. The fourth-order valence-electron chi connectivity index (χ4n) is 1.60. The number of rotatable bonds is 6. The Bertz CT molecular complexity index is 118. The third-order valence-electron chi connectivity index (χ3n) is 2.66. The van der Waals surface area contributed by atoms with E-state index in [9.17, 15) is 0 Å². The first kappa shape index (κ1) is 13.0. The van der Waals surface area contributed by atoms with E-state index in [-0.39, 0.29) is 0 Å². The summed E-state index contributed by atoms with van der Waals surface area (Å²) in [5.41, 5.74) is 0. The molecule has 13 heavy (non-hydrogen) atoms. The van der Waals surface area contributed by atoms with Crippen LogP contribution in [0.25, 0.3) is 0 Å². The first-order chi connectivity index (χ1) is 5.93. The maximum Gasteiger partial charge on any atom is 0.00104 e. The van der Waals surface area contributed by atoms with E-state index >= 15 is 0 Å². The number of hydrogen-bond acceptors (Lipinski definition) is 1. The molecular formula is C12H27N. The Morgan fingerprint density at radius 3 is 1.77 bits per heavy atom. The summed E-state index contributed by atoms with van der Waals surface area (Å²) in [6, 6.07) is 0.619. The standard InChI is InChI=1S/C12H27N/c1-9(2)7-11(5)12(6)8-13-10(3)4/h9-13H,7-8H2,1-6H3. The van der Waals surface area contributed by atoms with Crippen LogP contribution in [-0.4, -0.2) is 12.6 Å². The van der Waals surface area contributed by atoms with Gasteiger partial charge in [0.1, 0.15) is 0 Å². The van der Waals surface area contributed by atoms with Gasteiger partial charge < -0.3 is 5.32 Å². The molecule has 2 atom stereocenters. The van der Waals surface area contributed by atoms with Crippen molar-refractivity contribution >= 4 is 0 Å². The van der Waals surface area contributed by atoms with Crippen molar-refractivity contribution in [1.82, 2.24) is 5.32 Å². The molecule has 2 unspecified atom stereocenters. The van der Waals surface area contributed by atoms with Gasteiger partial charge in [0.2, 0.25) is 0 Å². The Balaban J connectivity index is 3.62. The van der Waals surface area contributed by atoms with Gasteiger partial charge in [-0.25, -0.2) is 0 Å². The van der Waals surface area contributed by atoms with Crippen molar-refractivity contribution in [3.8, 4) is 0 Å². The van der Waals surface area contributed by atoms with Gasteiger partial charge in [-0.15, -0.1) is 0 Å². The summed E-state index contributed by atoms with van der Waals surface area (Å²) >= 11 is 0. The van der Waals surface area contributed by atoms with Crippen LogP contribution in [0.2, 0.25) is 0 Å². The predicted molar refractivity (Wildman–Crippen MR) is 60.9 cm³/mol. The lowest BCUT2D eigenvalue weighted by atomic mass is 9.88.